The number of carbonyl (C=O) groups is 1. The van der Waals surface area contributed by atoms with Gasteiger partial charge in [0.1, 0.15) is 6.10 Å². The molecule has 1 amide bonds. The van der Waals surface area contributed by atoms with Gasteiger partial charge in [-0.05, 0) is 30.5 Å². The van der Waals surface area contributed by atoms with Crippen LogP contribution >= 0.6 is 0 Å². The summed E-state index contributed by atoms with van der Waals surface area (Å²) in [5.74, 6) is -0.0413. The fourth-order valence-electron chi connectivity index (χ4n) is 1.95. The molecule has 1 aromatic rings. The monoisotopic (exact) mass is 248 g/mol. The molecule has 18 heavy (non-hydrogen) atoms. The van der Waals surface area contributed by atoms with E-state index in [2.05, 4.69) is 36.6 Å². The van der Waals surface area contributed by atoms with E-state index < -0.39 is 0 Å². The van der Waals surface area contributed by atoms with Crippen LogP contribution in [0.1, 0.15) is 16.7 Å². The highest BCUT2D eigenvalue weighted by Crippen LogP contribution is 2.09. The molecule has 4 heteroatoms. The lowest BCUT2D eigenvalue weighted by atomic mass is 10.1. The van der Waals surface area contributed by atoms with Crippen LogP contribution in [0.2, 0.25) is 0 Å². The van der Waals surface area contributed by atoms with Gasteiger partial charge in [0.2, 0.25) is 0 Å². The van der Waals surface area contributed by atoms with Gasteiger partial charge >= 0.3 is 0 Å². The smallest absolute Gasteiger partial charge is 0.250 e. The number of amides is 1. The summed E-state index contributed by atoms with van der Waals surface area (Å²) in [5, 5.41) is 6.06. The van der Waals surface area contributed by atoms with E-state index in [0.29, 0.717) is 19.7 Å². The molecule has 0 aliphatic carbocycles. The zero-order valence-electron chi connectivity index (χ0n) is 11.0. The standard InChI is InChI=1S/C14H20N2O2/c1-10-3-4-12(7-11(10)2)8-16-14(17)13-9-15-5-6-18-13/h3-4,7,13,15H,5-6,8-9H2,1-2H3,(H,16,17). The minimum atomic E-state index is -0.356. The van der Waals surface area contributed by atoms with Gasteiger partial charge in [-0.3, -0.25) is 4.79 Å². The number of benzene rings is 1. The fourth-order valence-corrected chi connectivity index (χ4v) is 1.95. The second kappa shape index (κ2) is 5.98. The molecule has 4 nitrogen and oxygen atoms in total. The van der Waals surface area contributed by atoms with E-state index in [1.807, 2.05) is 6.07 Å². The van der Waals surface area contributed by atoms with Gasteiger partial charge in [-0.25, -0.2) is 0 Å². The van der Waals surface area contributed by atoms with Crippen molar-refractivity contribution in [3.05, 3.63) is 34.9 Å². The molecule has 0 saturated carbocycles. The summed E-state index contributed by atoms with van der Waals surface area (Å²) in [5.41, 5.74) is 3.64. The minimum absolute atomic E-state index is 0.0413. The maximum Gasteiger partial charge on any atom is 0.250 e. The van der Waals surface area contributed by atoms with Crippen molar-refractivity contribution in [2.45, 2.75) is 26.5 Å². The van der Waals surface area contributed by atoms with Crippen LogP contribution in [0, 0.1) is 13.8 Å². The maximum absolute atomic E-state index is 11.8. The first-order valence-electron chi connectivity index (χ1n) is 6.33. The van der Waals surface area contributed by atoms with Crippen LogP contribution in [0.4, 0.5) is 0 Å². The Kier molecular flexibility index (Phi) is 4.33. The van der Waals surface area contributed by atoms with Crippen LogP contribution in [-0.2, 0) is 16.1 Å². The Morgan fingerprint density at radius 3 is 2.94 bits per heavy atom. The van der Waals surface area contributed by atoms with Crippen molar-refractivity contribution in [1.29, 1.82) is 0 Å². The van der Waals surface area contributed by atoms with E-state index in [-0.39, 0.29) is 12.0 Å². The molecule has 0 spiro atoms. The molecule has 1 unspecified atom stereocenters. The quantitative estimate of drug-likeness (QED) is 0.836. The van der Waals surface area contributed by atoms with Gasteiger partial charge in [0, 0.05) is 19.6 Å². The van der Waals surface area contributed by atoms with Crippen LogP contribution in [0.15, 0.2) is 18.2 Å². The first kappa shape index (κ1) is 13.1. The van der Waals surface area contributed by atoms with Crippen molar-refractivity contribution in [1.82, 2.24) is 10.6 Å². The van der Waals surface area contributed by atoms with E-state index in [9.17, 15) is 4.79 Å². The van der Waals surface area contributed by atoms with Crippen molar-refractivity contribution in [2.75, 3.05) is 19.7 Å². The van der Waals surface area contributed by atoms with Crippen molar-refractivity contribution in [2.24, 2.45) is 0 Å². The molecule has 1 atom stereocenters. The Labute approximate surface area is 108 Å². The number of nitrogens with one attached hydrogen (secondary N) is 2. The third kappa shape index (κ3) is 3.31. The van der Waals surface area contributed by atoms with Gasteiger partial charge in [0.05, 0.1) is 6.61 Å². The van der Waals surface area contributed by atoms with Crippen LogP contribution < -0.4 is 10.6 Å². The van der Waals surface area contributed by atoms with Gasteiger partial charge < -0.3 is 15.4 Å². The zero-order chi connectivity index (χ0) is 13.0. The number of carbonyl (C=O) groups excluding carboxylic acids is 1. The van der Waals surface area contributed by atoms with Gasteiger partial charge in [-0.15, -0.1) is 0 Å². The molecule has 1 saturated heterocycles. The third-order valence-corrected chi connectivity index (χ3v) is 3.26. The van der Waals surface area contributed by atoms with E-state index >= 15 is 0 Å². The Morgan fingerprint density at radius 2 is 2.28 bits per heavy atom. The second-order valence-corrected chi connectivity index (χ2v) is 4.70. The zero-order valence-corrected chi connectivity index (χ0v) is 11.0. The van der Waals surface area contributed by atoms with Gasteiger partial charge in [0.25, 0.3) is 5.91 Å². The van der Waals surface area contributed by atoms with Crippen LogP contribution in [0.3, 0.4) is 0 Å². The predicted molar refractivity (Wildman–Crippen MR) is 70.4 cm³/mol. The highest BCUT2D eigenvalue weighted by atomic mass is 16.5. The molecular formula is C14H20N2O2. The van der Waals surface area contributed by atoms with E-state index in [4.69, 9.17) is 4.74 Å². The molecule has 1 fully saturated rings. The van der Waals surface area contributed by atoms with Crippen LogP contribution in [0.5, 0.6) is 0 Å². The lowest BCUT2D eigenvalue weighted by Gasteiger charge is -2.22. The molecule has 2 rings (SSSR count). The number of morpholine rings is 1. The Morgan fingerprint density at radius 1 is 1.44 bits per heavy atom. The van der Waals surface area contributed by atoms with E-state index in [0.717, 1.165) is 12.1 Å². The fraction of sp³-hybridized carbons (Fsp3) is 0.500. The van der Waals surface area contributed by atoms with Crippen LogP contribution in [0.25, 0.3) is 0 Å². The molecule has 1 heterocycles. The van der Waals surface area contributed by atoms with Gasteiger partial charge in [0.15, 0.2) is 0 Å². The molecule has 1 aliphatic rings. The Bertz CT molecular complexity index is 426. The van der Waals surface area contributed by atoms with Crippen molar-refractivity contribution < 1.29 is 9.53 Å². The maximum atomic E-state index is 11.8. The Hall–Kier alpha value is -1.39. The summed E-state index contributed by atoms with van der Waals surface area (Å²) >= 11 is 0. The largest absolute Gasteiger partial charge is 0.366 e. The predicted octanol–water partition coefficient (Wildman–Crippen LogP) is 0.908. The van der Waals surface area contributed by atoms with Crippen molar-refractivity contribution in [3.8, 4) is 0 Å². The SMILES string of the molecule is Cc1ccc(CNC(=O)C2CNCCO2)cc1C. The number of ether oxygens (including phenoxy) is 1. The first-order chi connectivity index (χ1) is 8.66. The topological polar surface area (TPSA) is 50.4 Å². The van der Waals surface area contributed by atoms with Crippen molar-refractivity contribution in [3.63, 3.8) is 0 Å². The lowest BCUT2D eigenvalue weighted by Crippen LogP contribution is -2.47. The molecule has 2 N–H and O–H groups in total. The minimum Gasteiger partial charge on any atom is -0.366 e. The lowest BCUT2D eigenvalue weighted by molar-refractivity contribution is -0.134. The number of aryl methyl sites for hydroxylation is 2. The normalized spacial score (nSPS) is 19.6. The van der Waals surface area contributed by atoms with E-state index in [1.165, 1.54) is 11.1 Å². The summed E-state index contributed by atoms with van der Waals surface area (Å²) < 4.78 is 5.40. The molecule has 98 valence electrons. The average Bonchev–Trinajstić information content (AvgIpc) is 2.41. The highest BCUT2D eigenvalue weighted by molar-refractivity contribution is 5.81. The van der Waals surface area contributed by atoms with Gasteiger partial charge in [-0.1, -0.05) is 18.2 Å². The summed E-state index contributed by atoms with van der Waals surface area (Å²) in [7, 11) is 0. The number of hydrogen-bond acceptors (Lipinski definition) is 3. The van der Waals surface area contributed by atoms with Crippen molar-refractivity contribution >= 4 is 5.91 Å². The van der Waals surface area contributed by atoms with Gasteiger partial charge in [-0.2, -0.15) is 0 Å². The summed E-state index contributed by atoms with van der Waals surface area (Å²) in [6.07, 6.45) is -0.356. The molecular weight excluding hydrogens is 228 g/mol. The molecule has 0 radical (unpaired) electrons. The first-order valence-corrected chi connectivity index (χ1v) is 6.33. The molecule has 0 aromatic heterocycles. The second-order valence-electron chi connectivity index (χ2n) is 4.70. The van der Waals surface area contributed by atoms with E-state index in [1.54, 1.807) is 0 Å². The summed E-state index contributed by atoms with van der Waals surface area (Å²) in [4.78, 5) is 11.8. The summed E-state index contributed by atoms with van der Waals surface area (Å²) in [6.45, 7) is 6.73. The number of hydrogen-bond donors (Lipinski definition) is 2. The average molecular weight is 248 g/mol. The summed E-state index contributed by atoms with van der Waals surface area (Å²) in [6, 6.07) is 6.23. The molecule has 1 aliphatic heterocycles. The highest BCUT2D eigenvalue weighted by Gasteiger charge is 2.21. The molecule has 1 aromatic carbocycles. The van der Waals surface area contributed by atoms with Crippen LogP contribution in [-0.4, -0.2) is 31.7 Å². The third-order valence-electron chi connectivity index (χ3n) is 3.26. The molecule has 0 bridgehead atoms. The number of rotatable bonds is 3. The Balaban J connectivity index is 1.86.